The highest BCUT2D eigenvalue weighted by Crippen LogP contribution is 2.17. The molecule has 2 heteroatoms. The summed E-state index contributed by atoms with van der Waals surface area (Å²) in [6.07, 6.45) is 3.34. The first-order chi connectivity index (χ1) is 6.00. The average molecular weight is 183 g/mol. The van der Waals surface area contributed by atoms with Crippen LogP contribution in [0.1, 0.15) is 40.0 Å². The molecule has 0 bridgehead atoms. The van der Waals surface area contributed by atoms with Crippen LogP contribution in [0.25, 0.3) is 0 Å². The molecular formula is C11H21NO. The molecule has 1 fully saturated rings. The van der Waals surface area contributed by atoms with E-state index in [1.165, 1.54) is 25.9 Å². The SMILES string of the molecule is CC(C)(C)C(=O)CCN1CCCC1. The van der Waals surface area contributed by atoms with E-state index in [2.05, 4.69) is 4.90 Å². The van der Waals surface area contributed by atoms with Gasteiger partial charge >= 0.3 is 0 Å². The second-order valence-corrected chi connectivity index (χ2v) is 4.97. The molecule has 2 nitrogen and oxygen atoms in total. The molecule has 1 aliphatic rings. The van der Waals surface area contributed by atoms with Gasteiger partial charge in [0, 0.05) is 18.4 Å². The summed E-state index contributed by atoms with van der Waals surface area (Å²) in [4.78, 5) is 14.0. The third kappa shape index (κ3) is 3.47. The molecule has 0 aromatic carbocycles. The van der Waals surface area contributed by atoms with E-state index in [4.69, 9.17) is 0 Å². The molecule has 1 rings (SSSR count). The summed E-state index contributed by atoms with van der Waals surface area (Å²) in [5.74, 6) is 0.388. The van der Waals surface area contributed by atoms with Gasteiger partial charge in [0.1, 0.15) is 5.78 Å². The van der Waals surface area contributed by atoms with E-state index < -0.39 is 0 Å². The van der Waals surface area contributed by atoms with Crippen LogP contribution in [-0.4, -0.2) is 30.3 Å². The Kier molecular flexibility index (Phi) is 3.48. The van der Waals surface area contributed by atoms with Gasteiger partial charge < -0.3 is 4.90 Å². The number of nitrogens with zero attached hydrogens (tertiary/aromatic N) is 1. The number of ketones is 1. The number of carbonyl (C=O) groups excluding carboxylic acids is 1. The van der Waals surface area contributed by atoms with E-state index in [-0.39, 0.29) is 5.41 Å². The van der Waals surface area contributed by atoms with Gasteiger partial charge in [-0.25, -0.2) is 0 Å². The van der Waals surface area contributed by atoms with Crippen LogP contribution in [0.3, 0.4) is 0 Å². The third-order valence-electron chi connectivity index (χ3n) is 2.69. The van der Waals surface area contributed by atoms with Gasteiger partial charge in [-0.15, -0.1) is 0 Å². The maximum atomic E-state index is 11.6. The van der Waals surface area contributed by atoms with Crippen molar-refractivity contribution < 1.29 is 4.79 Å². The first-order valence-electron chi connectivity index (χ1n) is 5.26. The molecule has 0 atom stereocenters. The molecular weight excluding hydrogens is 162 g/mol. The zero-order valence-corrected chi connectivity index (χ0v) is 9.10. The maximum Gasteiger partial charge on any atom is 0.139 e. The van der Waals surface area contributed by atoms with E-state index in [0.717, 1.165) is 13.0 Å². The van der Waals surface area contributed by atoms with E-state index >= 15 is 0 Å². The summed E-state index contributed by atoms with van der Waals surface area (Å²) < 4.78 is 0. The van der Waals surface area contributed by atoms with Gasteiger partial charge in [0.25, 0.3) is 0 Å². The molecule has 0 aromatic heterocycles. The lowest BCUT2D eigenvalue weighted by atomic mass is 9.89. The zero-order valence-electron chi connectivity index (χ0n) is 9.10. The predicted octanol–water partition coefficient (Wildman–Crippen LogP) is 2.09. The van der Waals surface area contributed by atoms with Crippen molar-refractivity contribution >= 4 is 5.78 Å². The van der Waals surface area contributed by atoms with Crippen LogP contribution in [0, 0.1) is 5.41 Å². The Bertz CT molecular complexity index is 175. The lowest BCUT2D eigenvalue weighted by Crippen LogP contribution is -2.27. The second-order valence-electron chi connectivity index (χ2n) is 4.97. The third-order valence-corrected chi connectivity index (χ3v) is 2.69. The topological polar surface area (TPSA) is 20.3 Å². The monoisotopic (exact) mass is 183 g/mol. The van der Waals surface area contributed by atoms with Gasteiger partial charge in [-0.3, -0.25) is 4.79 Å². The first-order valence-corrected chi connectivity index (χ1v) is 5.26. The van der Waals surface area contributed by atoms with Crippen molar-refractivity contribution in [1.29, 1.82) is 0 Å². The van der Waals surface area contributed by atoms with Crippen LogP contribution in [0.4, 0.5) is 0 Å². The molecule has 0 N–H and O–H groups in total. The number of rotatable bonds is 3. The molecule has 1 saturated heterocycles. The normalized spacial score (nSPS) is 19.3. The summed E-state index contributed by atoms with van der Waals surface area (Å²) in [7, 11) is 0. The summed E-state index contributed by atoms with van der Waals surface area (Å²) in [5, 5.41) is 0. The molecule has 1 aliphatic heterocycles. The molecule has 0 amide bonds. The Morgan fingerprint density at radius 2 is 1.77 bits per heavy atom. The van der Waals surface area contributed by atoms with Gasteiger partial charge in [-0.2, -0.15) is 0 Å². The summed E-state index contributed by atoms with van der Waals surface area (Å²) in [6, 6.07) is 0. The van der Waals surface area contributed by atoms with Gasteiger partial charge in [0.2, 0.25) is 0 Å². The Morgan fingerprint density at radius 1 is 1.23 bits per heavy atom. The maximum absolute atomic E-state index is 11.6. The minimum atomic E-state index is -0.153. The zero-order chi connectivity index (χ0) is 9.90. The number of carbonyl (C=O) groups is 1. The fraction of sp³-hybridized carbons (Fsp3) is 0.909. The molecule has 0 aromatic rings. The van der Waals surface area contributed by atoms with Crippen molar-refractivity contribution in [3.05, 3.63) is 0 Å². The summed E-state index contributed by atoms with van der Waals surface area (Å²) >= 11 is 0. The van der Waals surface area contributed by atoms with Crippen molar-refractivity contribution in [1.82, 2.24) is 4.90 Å². The van der Waals surface area contributed by atoms with Gasteiger partial charge in [0.05, 0.1) is 0 Å². The predicted molar refractivity (Wildman–Crippen MR) is 54.8 cm³/mol. The molecule has 0 radical (unpaired) electrons. The van der Waals surface area contributed by atoms with Gasteiger partial charge in [-0.05, 0) is 25.9 Å². The Labute approximate surface area is 81.3 Å². The van der Waals surface area contributed by atoms with Crippen molar-refractivity contribution in [3.63, 3.8) is 0 Å². The van der Waals surface area contributed by atoms with Crippen LogP contribution in [-0.2, 0) is 4.79 Å². The van der Waals surface area contributed by atoms with E-state index in [0.29, 0.717) is 5.78 Å². The van der Waals surface area contributed by atoms with Crippen molar-refractivity contribution in [2.75, 3.05) is 19.6 Å². The minimum absolute atomic E-state index is 0.153. The number of Topliss-reactive ketones (excluding diaryl/α,β-unsaturated/α-hetero) is 1. The molecule has 0 aliphatic carbocycles. The van der Waals surface area contributed by atoms with Crippen LogP contribution in [0.2, 0.25) is 0 Å². The minimum Gasteiger partial charge on any atom is -0.303 e. The van der Waals surface area contributed by atoms with E-state index in [1.807, 2.05) is 20.8 Å². The first kappa shape index (κ1) is 10.7. The van der Waals surface area contributed by atoms with Gasteiger partial charge in [-0.1, -0.05) is 20.8 Å². The molecule has 0 spiro atoms. The lowest BCUT2D eigenvalue weighted by molar-refractivity contribution is -0.126. The highest BCUT2D eigenvalue weighted by Gasteiger charge is 2.22. The number of likely N-dealkylation sites (tertiary alicyclic amines) is 1. The number of hydrogen-bond donors (Lipinski definition) is 0. The standard InChI is InChI=1S/C11H21NO/c1-11(2,3)10(13)6-9-12-7-4-5-8-12/h4-9H2,1-3H3. The Morgan fingerprint density at radius 3 is 2.23 bits per heavy atom. The highest BCUT2D eigenvalue weighted by atomic mass is 16.1. The summed E-state index contributed by atoms with van der Waals surface area (Å²) in [6.45, 7) is 9.35. The largest absolute Gasteiger partial charge is 0.303 e. The van der Waals surface area contributed by atoms with Crippen molar-refractivity contribution in [2.24, 2.45) is 5.41 Å². The molecule has 13 heavy (non-hydrogen) atoms. The van der Waals surface area contributed by atoms with E-state index in [9.17, 15) is 4.79 Å². The van der Waals surface area contributed by atoms with Gasteiger partial charge in [0.15, 0.2) is 0 Å². The molecule has 1 heterocycles. The second kappa shape index (κ2) is 4.23. The average Bonchev–Trinajstić information content (AvgIpc) is 2.50. The lowest BCUT2D eigenvalue weighted by Gasteiger charge is -2.19. The van der Waals surface area contributed by atoms with Crippen LogP contribution < -0.4 is 0 Å². The fourth-order valence-corrected chi connectivity index (χ4v) is 1.64. The molecule has 0 unspecified atom stereocenters. The molecule has 76 valence electrons. The fourth-order valence-electron chi connectivity index (χ4n) is 1.64. The Balaban J connectivity index is 2.22. The smallest absolute Gasteiger partial charge is 0.139 e. The van der Waals surface area contributed by atoms with Crippen LogP contribution in [0.5, 0.6) is 0 Å². The van der Waals surface area contributed by atoms with Crippen molar-refractivity contribution in [2.45, 2.75) is 40.0 Å². The van der Waals surface area contributed by atoms with Crippen molar-refractivity contribution in [3.8, 4) is 0 Å². The highest BCUT2D eigenvalue weighted by molar-refractivity contribution is 5.83. The Hall–Kier alpha value is -0.370. The van der Waals surface area contributed by atoms with E-state index in [1.54, 1.807) is 0 Å². The van der Waals surface area contributed by atoms with Crippen LogP contribution >= 0.6 is 0 Å². The summed E-state index contributed by atoms with van der Waals surface area (Å²) in [5.41, 5.74) is -0.153. The number of hydrogen-bond acceptors (Lipinski definition) is 2. The van der Waals surface area contributed by atoms with Crippen LogP contribution in [0.15, 0.2) is 0 Å². The quantitative estimate of drug-likeness (QED) is 0.667. The molecule has 0 saturated carbocycles.